The van der Waals surface area contributed by atoms with Crippen LogP contribution in [0, 0.1) is 0 Å². The van der Waals surface area contributed by atoms with Crippen molar-refractivity contribution >= 4 is 38.7 Å². The average molecular weight is 444 g/mol. The lowest BCUT2D eigenvalue weighted by Gasteiger charge is -2.26. The van der Waals surface area contributed by atoms with E-state index in [0.29, 0.717) is 21.0 Å². The first-order valence-corrected chi connectivity index (χ1v) is 12.3. The molecule has 1 aliphatic carbocycles. The minimum absolute atomic E-state index is 0.0126. The van der Waals surface area contributed by atoms with Crippen LogP contribution in [-0.4, -0.2) is 14.3 Å². The van der Waals surface area contributed by atoms with Crippen LogP contribution in [-0.2, 0) is 22.0 Å². The van der Waals surface area contributed by atoms with E-state index in [1.54, 1.807) is 18.2 Å². The van der Waals surface area contributed by atoms with Gasteiger partial charge in [-0.1, -0.05) is 41.9 Å². The highest BCUT2D eigenvalue weighted by Gasteiger charge is 2.31. The van der Waals surface area contributed by atoms with Crippen molar-refractivity contribution in [2.75, 3.05) is 0 Å². The molecule has 0 saturated heterocycles. The number of aryl methyl sites for hydroxylation is 1. The Kier molecular flexibility index (Phi) is 4.53. The van der Waals surface area contributed by atoms with Crippen molar-refractivity contribution in [3.05, 3.63) is 75.1 Å². The molecule has 1 amide bonds. The Morgan fingerprint density at radius 2 is 1.93 bits per heavy atom. The molecule has 1 atom stereocenters. The molecule has 0 radical (unpaired) electrons. The monoisotopic (exact) mass is 443 g/mol. The maximum absolute atomic E-state index is 13.0. The molecule has 29 heavy (non-hydrogen) atoms. The molecule has 1 aliphatic heterocycles. The molecule has 4 nitrogen and oxygen atoms in total. The smallest absolute Gasteiger partial charge is 0.261 e. The predicted octanol–water partition coefficient (Wildman–Crippen LogP) is 5.16. The van der Waals surface area contributed by atoms with Crippen LogP contribution in [0.4, 0.5) is 0 Å². The molecular formula is C22H18ClNO3S2. The Labute approximate surface area is 178 Å². The Balaban J connectivity index is 1.48. The van der Waals surface area contributed by atoms with Crippen molar-refractivity contribution in [1.29, 1.82) is 0 Å². The van der Waals surface area contributed by atoms with Gasteiger partial charge < -0.3 is 5.32 Å². The van der Waals surface area contributed by atoms with Crippen molar-refractivity contribution in [1.82, 2.24) is 5.32 Å². The number of rotatable bonds is 2. The van der Waals surface area contributed by atoms with Crippen LogP contribution in [0.3, 0.4) is 0 Å². The normalized spacial score (nSPS) is 19.0. The molecule has 3 aromatic rings. The summed E-state index contributed by atoms with van der Waals surface area (Å²) in [4.78, 5) is 14.6. The fraction of sp³-hybridized carbons (Fsp3) is 0.227. The van der Waals surface area contributed by atoms with E-state index in [0.717, 1.165) is 24.1 Å². The molecule has 2 aromatic carbocycles. The van der Waals surface area contributed by atoms with E-state index in [2.05, 4.69) is 17.4 Å². The fourth-order valence-corrected chi connectivity index (χ4v) is 7.35. The summed E-state index contributed by atoms with van der Waals surface area (Å²) in [6.07, 6.45) is 2.98. The van der Waals surface area contributed by atoms with Gasteiger partial charge in [-0.05, 0) is 54.2 Å². The molecule has 2 heterocycles. The third-order valence-electron chi connectivity index (χ3n) is 5.58. The van der Waals surface area contributed by atoms with Gasteiger partial charge in [0.15, 0.2) is 9.84 Å². The Morgan fingerprint density at radius 3 is 2.79 bits per heavy atom. The quantitative estimate of drug-likeness (QED) is 0.594. The molecule has 5 rings (SSSR count). The van der Waals surface area contributed by atoms with Gasteiger partial charge in [-0.25, -0.2) is 8.42 Å². The molecule has 0 saturated carbocycles. The Bertz CT molecular complexity index is 1250. The van der Waals surface area contributed by atoms with E-state index >= 15 is 0 Å². The zero-order chi connectivity index (χ0) is 20.2. The topological polar surface area (TPSA) is 63.2 Å². The minimum atomic E-state index is -3.47. The molecule has 0 spiro atoms. The molecular weight excluding hydrogens is 426 g/mol. The molecule has 1 N–H and O–H groups in total. The second kappa shape index (κ2) is 6.97. The highest BCUT2D eigenvalue weighted by Crippen LogP contribution is 2.43. The molecule has 2 aliphatic rings. The van der Waals surface area contributed by atoms with Gasteiger partial charge in [0.05, 0.1) is 21.6 Å². The summed E-state index contributed by atoms with van der Waals surface area (Å²) >= 11 is 7.35. The lowest BCUT2D eigenvalue weighted by Crippen LogP contribution is -2.30. The third-order valence-corrected chi connectivity index (χ3v) is 8.72. The van der Waals surface area contributed by atoms with Gasteiger partial charge in [0.2, 0.25) is 0 Å². The second-order valence-corrected chi connectivity index (χ2v) is 10.9. The summed E-state index contributed by atoms with van der Waals surface area (Å²) in [6.45, 7) is 0. The van der Waals surface area contributed by atoms with E-state index in [1.165, 1.54) is 28.5 Å². The van der Waals surface area contributed by atoms with E-state index in [4.69, 9.17) is 11.6 Å². The molecule has 7 heteroatoms. The summed E-state index contributed by atoms with van der Waals surface area (Å²) in [5, 5.41) is 3.55. The summed E-state index contributed by atoms with van der Waals surface area (Å²) in [6, 6.07) is 14.8. The van der Waals surface area contributed by atoms with E-state index in [9.17, 15) is 13.2 Å². The van der Waals surface area contributed by atoms with Crippen molar-refractivity contribution in [2.45, 2.75) is 36.0 Å². The van der Waals surface area contributed by atoms with Crippen LogP contribution in [0.2, 0.25) is 5.02 Å². The van der Waals surface area contributed by atoms with E-state index in [-0.39, 0.29) is 22.6 Å². The first kappa shape index (κ1) is 18.9. The van der Waals surface area contributed by atoms with Crippen LogP contribution < -0.4 is 5.32 Å². The van der Waals surface area contributed by atoms with E-state index < -0.39 is 9.84 Å². The van der Waals surface area contributed by atoms with Crippen molar-refractivity contribution in [3.63, 3.8) is 0 Å². The van der Waals surface area contributed by atoms with Gasteiger partial charge in [-0.2, -0.15) is 0 Å². The number of amides is 1. The van der Waals surface area contributed by atoms with Crippen LogP contribution >= 0.6 is 22.9 Å². The SMILES string of the molecule is O=C(N[C@@H]1CCCc2ccccc21)c1cc2c(s1)-c1ccc(Cl)cc1S(=O)(=O)C2. The van der Waals surface area contributed by atoms with Gasteiger partial charge in [-0.15, -0.1) is 11.3 Å². The fourth-order valence-electron chi connectivity index (χ4n) is 4.23. The highest BCUT2D eigenvalue weighted by molar-refractivity contribution is 7.91. The summed E-state index contributed by atoms with van der Waals surface area (Å²) in [7, 11) is -3.47. The Hall–Kier alpha value is -2.15. The number of nitrogens with one attached hydrogen (secondary N) is 1. The first-order valence-electron chi connectivity index (χ1n) is 9.46. The number of halogens is 1. The third kappa shape index (κ3) is 3.29. The molecule has 0 fully saturated rings. The van der Waals surface area contributed by atoms with E-state index in [1.807, 2.05) is 12.1 Å². The van der Waals surface area contributed by atoms with Crippen LogP contribution in [0.25, 0.3) is 10.4 Å². The van der Waals surface area contributed by atoms with Crippen molar-refractivity contribution in [3.8, 4) is 10.4 Å². The van der Waals surface area contributed by atoms with Gasteiger partial charge in [0.1, 0.15) is 0 Å². The zero-order valence-corrected chi connectivity index (χ0v) is 17.8. The maximum Gasteiger partial charge on any atom is 0.261 e. The number of hydrogen-bond acceptors (Lipinski definition) is 4. The predicted molar refractivity (Wildman–Crippen MR) is 115 cm³/mol. The number of benzene rings is 2. The van der Waals surface area contributed by atoms with Gasteiger partial charge in [0, 0.05) is 15.5 Å². The number of fused-ring (bicyclic) bond motifs is 4. The number of carbonyl (C=O) groups excluding carboxylic acids is 1. The lowest BCUT2D eigenvalue weighted by atomic mass is 9.88. The average Bonchev–Trinajstić information content (AvgIpc) is 3.12. The largest absolute Gasteiger partial charge is 0.345 e. The van der Waals surface area contributed by atoms with Crippen LogP contribution in [0.1, 0.15) is 45.2 Å². The zero-order valence-electron chi connectivity index (χ0n) is 15.4. The number of sulfone groups is 1. The molecule has 1 aromatic heterocycles. The van der Waals surface area contributed by atoms with Crippen molar-refractivity contribution in [2.24, 2.45) is 0 Å². The molecule has 148 valence electrons. The van der Waals surface area contributed by atoms with Crippen LogP contribution in [0.5, 0.6) is 0 Å². The van der Waals surface area contributed by atoms with Crippen molar-refractivity contribution < 1.29 is 13.2 Å². The standard InChI is InChI=1S/C22H18ClNO3S2/c23-15-8-9-17-20(11-15)29(26,27)12-14-10-19(28-21(14)17)22(25)24-18-7-3-5-13-4-1-2-6-16(13)18/h1-2,4,6,8-11,18H,3,5,7,12H2,(H,24,25)/t18-/m1/s1. The summed E-state index contributed by atoms with van der Waals surface area (Å²) in [5.74, 6) is -0.259. The van der Waals surface area contributed by atoms with Gasteiger partial charge in [-0.3, -0.25) is 4.79 Å². The maximum atomic E-state index is 13.0. The summed E-state index contributed by atoms with van der Waals surface area (Å²) < 4.78 is 25.3. The van der Waals surface area contributed by atoms with Gasteiger partial charge in [0.25, 0.3) is 5.91 Å². The van der Waals surface area contributed by atoms with Crippen LogP contribution in [0.15, 0.2) is 53.4 Å². The number of thiophene rings is 1. The lowest BCUT2D eigenvalue weighted by molar-refractivity contribution is 0.0937. The number of carbonyl (C=O) groups is 1. The Morgan fingerprint density at radius 1 is 1.10 bits per heavy atom. The first-order chi connectivity index (χ1) is 13.9. The second-order valence-electron chi connectivity index (χ2n) is 7.48. The van der Waals surface area contributed by atoms with Gasteiger partial charge >= 0.3 is 0 Å². The molecule has 0 unspecified atom stereocenters. The summed E-state index contributed by atoms with van der Waals surface area (Å²) in [5.41, 5.74) is 3.77. The minimum Gasteiger partial charge on any atom is -0.345 e. The highest BCUT2D eigenvalue weighted by atomic mass is 35.5. The molecule has 0 bridgehead atoms. The number of hydrogen-bond donors (Lipinski definition) is 1.